The van der Waals surface area contributed by atoms with Gasteiger partial charge in [-0.2, -0.15) is 0 Å². The van der Waals surface area contributed by atoms with Gasteiger partial charge in [0.25, 0.3) is 0 Å². The zero-order valence-corrected chi connectivity index (χ0v) is 14.4. The molecule has 0 saturated carbocycles. The highest BCUT2D eigenvalue weighted by Crippen LogP contribution is 2.29. The molecule has 1 atom stereocenters. The molecule has 20 heavy (non-hydrogen) atoms. The van der Waals surface area contributed by atoms with Crippen LogP contribution < -0.4 is 0 Å². The third-order valence-corrected chi connectivity index (χ3v) is 5.39. The summed E-state index contributed by atoms with van der Waals surface area (Å²) in [6.45, 7) is 4.85. The van der Waals surface area contributed by atoms with Gasteiger partial charge in [0.2, 0.25) is 0 Å². The molecule has 1 unspecified atom stereocenters. The van der Waals surface area contributed by atoms with Crippen LogP contribution in [0.2, 0.25) is 0 Å². The van der Waals surface area contributed by atoms with E-state index >= 15 is 0 Å². The van der Waals surface area contributed by atoms with Gasteiger partial charge < -0.3 is 4.57 Å². The number of rotatable bonds is 3. The Kier molecular flexibility index (Phi) is 3.89. The van der Waals surface area contributed by atoms with Crippen molar-refractivity contribution in [2.24, 2.45) is 0 Å². The topological polar surface area (TPSA) is 17.8 Å². The summed E-state index contributed by atoms with van der Waals surface area (Å²) in [5.41, 5.74) is 3.37. The van der Waals surface area contributed by atoms with Crippen molar-refractivity contribution < 1.29 is 0 Å². The lowest BCUT2D eigenvalue weighted by atomic mass is 10.2. The first kappa shape index (κ1) is 14.1. The SMILES string of the molecule is Cc1ccc2c(c1)nc(C(C)Cl)n2Cc1sccc1Br. The Labute approximate surface area is 135 Å². The van der Waals surface area contributed by atoms with E-state index in [4.69, 9.17) is 16.6 Å². The van der Waals surface area contributed by atoms with Gasteiger partial charge in [-0.05, 0) is 58.9 Å². The minimum absolute atomic E-state index is 0.110. The van der Waals surface area contributed by atoms with Gasteiger partial charge in [-0.3, -0.25) is 0 Å². The maximum Gasteiger partial charge on any atom is 0.128 e. The van der Waals surface area contributed by atoms with E-state index in [1.54, 1.807) is 11.3 Å². The molecule has 0 spiro atoms. The average molecular weight is 370 g/mol. The van der Waals surface area contributed by atoms with E-state index in [9.17, 15) is 0 Å². The summed E-state index contributed by atoms with van der Waals surface area (Å²) in [4.78, 5) is 5.98. The molecule has 5 heteroatoms. The second-order valence-corrected chi connectivity index (χ2v) is 7.37. The number of hydrogen-bond acceptors (Lipinski definition) is 2. The van der Waals surface area contributed by atoms with Crippen molar-refractivity contribution in [2.45, 2.75) is 25.8 Å². The number of nitrogens with zero attached hydrogens (tertiary/aromatic N) is 2. The number of benzene rings is 1. The number of thiophene rings is 1. The summed E-state index contributed by atoms with van der Waals surface area (Å²) in [5, 5.41) is 1.98. The maximum absolute atomic E-state index is 6.31. The fourth-order valence-corrected chi connectivity index (χ4v) is 3.94. The molecule has 2 nitrogen and oxygen atoms in total. The van der Waals surface area contributed by atoms with E-state index in [-0.39, 0.29) is 5.38 Å². The van der Waals surface area contributed by atoms with Crippen molar-refractivity contribution in [1.29, 1.82) is 0 Å². The maximum atomic E-state index is 6.31. The van der Waals surface area contributed by atoms with Crippen LogP contribution in [0.4, 0.5) is 0 Å². The van der Waals surface area contributed by atoms with Crippen molar-refractivity contribution >= 4 is 49.9 Å². The number of fused-ring (bicyclic) bond motifs is 1. The quantitative estimate of drug-likeness (QED) is 0.556. The van der Waals surface area contributed by atoms with Crippen LogP contribution >= 0.6 is 38.9 Å². The van der Waals surface area contributed by atoms with E-state index in [0.29, 0.717) is 0 Å². The van der Waals surface area contributed by atoms with Crippen molar-refractivity contribution in [3.63, 3.8) is 0 Å². The Bertz CT molecular complexity index is 760. The zero-order valence-electron chi connectivity index (χ0n) is 11.2. The van der Waals surface area contributed by atoms with E-state index in [0.717, 1.165) is 27.9 Å². The Balaban J connectivity index is 2.16. The number of hydrogen-bond donors (Lipinski definition) is 0. The predicted octanol–water partition coefficient (Wildman–Crippen LogP) is 5.52. The van der Waals surface area contributed by atoms with Crippen LogP contribution in [0, 0.1) is 6.92 Å². The van der Waals surface area contributed by atoms with E-state index < -0.39 is 0 Å². The molecule has 0 bridgehead atoms. The molecule has 0 aliphatic carbocycles. The summed E-state index contributed by atoms with van der Waals surface area (Å²) in [5.74, 6) is 0.924. The van der Waals surface area contributed by atoms with Crippen LogP contribution in [0.3, 0.4) is 0 Å². The van der Waals surface area contributed by atoms with Crippen LogP contribution in [0.5, 0.6) is 0 Å². The second kappa shape index (κ2) is 5.51. The minimum Gasteiger partial charge on any atom is -0.321 e. The van der Waals surface area contributed by atoms with Gasteiger partial charge in [-0.15, -0.1) is 22.9 Å². The minimum atomic E-state index is -0.110. The molecule has 104 valence electrons. The lowest BCUT2D eigenvalue weighted by Crippen LogP contribution is -2.05. The van der Waals surface area contributed by atoms with Crippen LogP contribution in [-0.4, -0.2) is 9.55 Å². The molecule has 0 saturated heterocycles. The lowest BCUT2D eigenvalue weighted by molar-refractivity contribution is 0.749. The zero-order chi connectivity index (χ0) is 14.3. The van der Waals surface area contributed by atoms with Crippen LogP contribution in [0.15, 0.2) is 34.1 Å². The van der Waals surface area contributed by atoms with Gasteiger partial charge in [-0.25, -0.2) is 4.98 Å². The Morgan fingerprint density at radius 2 is 2.20 bits per heavy atom. The highest BCUT2D eigenvalue weighted by molar-refractivity contribution is 9.10. The molecular formula is C15H14BrClN2S. The second-order valence-electron chi connectivity index (χ2n) is 4.86. The third-order valence-electron chi connectivity index (χ3n) is 3.28. The number of aromatic nitrogens is 2. The summed E-state index contributed by atoms with van der Waals surface area (Å²) in [7, 11) is 0. The molecule has 0 aliphatic heterocycles. The molecule has 0 amide bonds. The third kappa shape index (κ3) is 2.52. The van der Waals surface area contributed by atoms with Crippen molar-refractivity contribution in [2.75, 3.05) is 0 Å². The number of halogens is 2. The monoisotopic (exact) mass is 368 g/mol. The fraction of sp³-hybridized carbons (Fsp3) is 0.267. The molecule has 3 aromatic rings. The van der Waals surface area contributed by atoms with Gasteiger partial charge in [-0.1, -0.05) is 6.07 Å². The Morgan fingerprint density at radius 3 is 2.85 bits per heavy atom. The first-order chi connectivity index (χ1) is 9.56. The number of alkyl halides is 1. The Hall–Kier alpha value is -0.840. The molecule has 2 heterocycles. The Morgan fingerprint density at radius 1 is 1.40 bits per heavy atom. The van der Waals surface area contributed by atoms with Crippen LogP contribution in [0.25, 0.3) is 11.0 Å². The first-order valence-corrected chi connectivity index (χ1v) is 8.50. The summed E-state index contributed by atoms with van der Waals surface area (Å²) >= 11 is 11.6. The fourth-order valence-electron chi connectivity index (χ4n) is 2.31. The molecule has 1 aromatic carbocycles. The normalized spacial score (nSPS) is 13.0. The molecule has 0 radical (unpaired) electrons. The largest absolute Gasteiger partial charge is 0.321 e. The van der Waals surface area contributed by atoms with E-state index in [1.165, 1.54) is 10.4 Å². The molecule has 0 N–H and O–H groups in total. The molecular weight excluding hydrogens is 356 g/mol. The summed E-state index contributed by atoms with van der Waals surface area (Å²) < 4.78 is 3.35. The summed E-state index contributed by atoms with van der Waals surface area (Å²) in [6.07, 6.45) is 0. The highest BCUT2D eigenvalue weighted by atomic mass is 79.9. The van der Waals surface area contributed by atoms with Gasteiger partial charge in [0.15, 0.2) is 0 Å². The number of imidazole rings is 1. The van der Waals surface area contributed by atoms with Crippen molar-refractivity contribution in [3.8, 4) is 0 Å². The molecule has 2 aromatic heterocycles. The first-order valence-electron chi connectivity index (χ1n) is 6.39. The van der Waals surface area contributed by atoms with Gasteiger partial charge >= 0.3 is 0 Å². The van der Waals surface area contributed by atoms with Gasteiger partial charge in [0.05, 0.1) is 23.0 Å². The standard InChI is InChI=1S/C15H14BrClN2S/c1-9-3-4-13-12(7-9)18-15(10(2)17)19(13)8-14-11(16)5-6-20-14/h3-7,10H,8H2,1-2H3. The molecule has 0 aliphatic rings. The smallest absolute Gasteiger partial charge is 0.128 e. The van der Waals surface area contributed by atoms with Crippen molar-refractivity contribution in [3.05, 3.63) is 50.4 Å². The van der Waals surface area contributed by atoms with Crippen molar-refractivity contribution in [1.82, 2.24) is 9.55 Å². The lowest BCUT2D eigenvalue weighted by Gasteiger charge is -2.10. The molecule has 0 fully saturated rings. The van der Waals surface area contributed by atoms with E-state index in [1.807, 2.05) is 6.92 Å². The van der Waals surface area contributed by atoms with Crippen LogP contribution in [0.1, 0.15) is 28.6 Å². The number of aryl methyl sites for hydroxylation is 1. The van der Waals surface area contributed by atoms with E-state index in [2.05, 4.69) is 57.1 Å². The average Bonchev–Trinajstić information content (AvgIpc) is 2.95. The van der Waals surface area contributed by atoms with Gasteiger partial charge in [0, 0.05) is 9.35 Å². The predicted molar refractivity (Wildman–Crippen MR) is 89.9 cm³/mol. The highest BCUT2D eigenvalue weighted by Gasteiger charge is 2.16. The van der Waals surface area contributed by atoms with Gasteiger partial charge in [0.1, 0.15) is 5.82 Å². The van der Waals surface area contributed by atoms with Crippen LogP contribution in [-0.2, 0) is 6.54 Å². The molecule has 3 rings (SSSR count). The summed E-state index contributed by atoms with van der Waals surface area (Å²) in [6, 6.07) is 8.43.